The Morgan fingerprint density at radius 3 is 3.00 bits per heavy atom. The van der Waals surface area contributed by atoms with E-state index in [2.05, 4.69) is 20.9 Å². The number of hydrogen-bond acceptors (Lipinski definition) is 3. The van der Waals surface area contributed by atoms with Crippen molar-refractivity contribution in [3.05, 3.63) is 44.6 Å². The summed E-state index contributed by atoms with van der Waals surface area (Å²) in [6.07, 6.45) is 0. The summed E-state index contributed by atoms with van der Waals surface area (Å²) in [5, 5.41) is 2.64. The third kappa shape index (κ3) is 3.40. The Bertz CT molecular complexity index is 520. The van der Waals surface area contributed by atoms with Crippen LogP contribution in [0.4, 0.5) is 4.39 Å². The van der Waals surface area contributed by atoms with E-state index in [0.29, 0.717) is 5.88 Å². The lowest BCUT2D eigenvalue weighted by Gasteiger charge is -2.05. The van der Waals surface area contributed by atoms with Crippen molar-refractivity contribution in [1.29, 1.82) is 0 Å². The molecule has 0 radical (unpaired) electrons. The molecule has 0 bridgehead atoms. The molecule has 1 aromatic heterocycles. The fourth-order valence-corrected chi connectivity index (χ4v) is 2.48. The van der Waals surface area contributed by atoms with E-state index in [4.69, 9.17) is 16.3 Å². The number of aromatic nitrogens is 1. The molecule has 2 rings (SSSR count). The molecule has 0 aliphatic carbocycles. The zero-order chi connectivity index (χ0) is 12.3. The summed E-state index contributed by atoms with van der Waals surface area (Å²) in [6, 6.07) is 4.56. The predicted octanol–water partition coefficient (Wildman–Crippen LogP) is 4.36. The van der Waals surface area contributed by atoms with Gasteiger partial charge in [0.25, 0.3) is 0 Å². The first-order valence-corrected chi connectivity index (χ1v) is 6.97. The SMILES string of the molecule is Fc1ccc(Br)cc1OCc1nc(CCl)cs1. The van der Waals surface area contributed by atoms with Gasteiger partial charge in [-0.3, -0.25) is 0 Å². The summed E-state index contributed by atoms with van der Waals surface area (Å²) < 4.78 is 19.5. The molecule has 0 aliphatic heterocycles. The van der Waals surface area contributed by atoms with Crippen molar-refractivity contribution in [2.75, 3.05) is 0 Å². The van der Waals surface area contributed by atoms with Crippen LogP contribution in [0.2, 0.25) is 0 Å². The van der Waals surface area contributed by atoms with Crippen molar-refractivity contribution in [3.8, 4) is 5.75 Å². The maximum Gasteiger partial charge on any atom is 0.165 e. The second kappa shape index (κ2) is 5.80. The lowest BCUT2D eigenvalue weighted by Crippen LogP contribution is -1.97. The van der Waals surface area contributed by atoms with Gasteiger partial charge in [-0.2, -0.15) is 0 Å². The highest BCUT2D eigenvalue weighted by Gasteiger charge is 2.06. The quantitative estimate of drug-likeness (QED) is 0.774. The number of ether oxygens (including phenoxy) is 1. The standard InChI is InChI=1S/C11H8BrClFNOS/c12-7-1-2-9(14)10(3-7)16-5-11-15-8(4-13)6-17-11/h1-3,6H,4-5H2. The highest BCUT2D eigenvalue weighted by molar-refractivity contribution is 9.10. The summed E-state index contributed by atoms with van der Waals surface area (Å²) in [7, 11) is 0. The summed E-state index contributed by atoms with van der Waals surface area (Å²) >= 11 is 10.3. The lowest BCUT2D eigenvalue weighted by molar-refractivity contribution is 0.289. The lowest BCUT2D eigenvalue weighted by atomic mass is 10.3. The first kappa shape index (κ1) is 12.8. The van der Waals surface area contributed by atoms with E-state index in [1.807, 2.05) is 5.38 Å². The van der Waals surface area contributed by atoms with Crippen LogP contribution in [0.3, 0.4) is 0 Å². The molecule has 0 aliphatic rings. The summed E-state index contributed by atoms with van der Waals surface area (Å²) in [4.78, 5) is 4.22. The third-order valence-corrected chi connectivity index (χ3v) is 3.62. The average molecular weight is 337 g/mol. The molecule has 0 spiro atoms. The van der Waals surface area contributed by atoms with Gasteiger partial charge in [-0.15, -0.1) is 22.9 Å². The van der Waals surface area contributed by atoms with Crippen molar-refractivity contribution in [3.63, 3.8) is 0 Å². The van der Waals surface area contributed by atoms with E-state index in [1.165, 1.54) is 17.4 Å². The highest BCUT2D eigenvalue weighted by atomic mass is 79.9. The smallest absolute Gasteiger partial charge is 0.165 e. The van der Waals surface area contributed by atoms with E-state index >= 15 is 0 Å². The second-order valence-electron chi connectivity index (χ2n) is 3.23. The Balaban J connectivity index is 2.04. The summed E-state index contributed by atoms with van der Waals surface area (Å²) in [5.74, 6) is 0.200. The van der Waals surface area contributed by atoms with Crippen LogP contribution in [0.1, 0.15) is 10.7 Å². The summed E-state index contributed by atoms with van der Waals surface area (Å²) in [5.41, 5.74) is 0.810. The van der Waals surface area contributed by atoms with Gasteiger partial charge in [0.1, 0.15) is 11.6 Å². The van der Waals surface area contributed by atoms with E-state index in [9.17, 15) is 4.39 Å². The first-order chi connectivity index (χ1) is 8.19. The molecule has 0 atom stereocenters. The van der Waals surface area contributed by atoms with Crippen molar-refractivity contribution < 1.29 is 9.13 Å². The molecule has 17 heavy (non-hydrogen) atoms. The molecule has 0 amide bonds. The molecular weight excluding hydrogens is 329 g/mol. The van der Waals surface area contributed by atoms with Gasteiger partial charge in [-0.25, -0.2) is 9.37 Å². The van der Waals surface area contributed by atoms with Gasteiger partial charge in [0.2, 0.25) is 0 Å². The van der Waals surface area contributed by atoms with E-state index < -0.39 is 0 Å². The van der Waals surface area contributed by atoms with Gasteiger partial charge < -0.3 is 4.74 Å². The van der Waals surface area contributed by atoms with Gasteiger partial charge in [-0.05, 0) is 18.2 Å². The molecule has 1 aromatic carbocycles. The Morgan fingerprint density at radius 1 is 1.47 bits per heavy atom. The van der Waals surface area contributed by atoms with Crippen molar-refractivity contribution in [1.82, 2.24) is 4.98 Å². The fraction of sp³-hybridized carbons (Fsp3) is 0.182. The van der Waals surface area contributed by atoms with Crippen LogP contribution in [-0.4, -0.2) is 4.98 Å². The first-order valence-electron chi connectivity index (χ1n) is 4.76. The highest BCUT2D eigenvalue weighted by Crippen LogP contribution is 2.23. The van der Waals surface area contributed by atoms with Gasteiger partial charge >= 0.3 is 0 Å². The van der Waals surface area contributed by atoms with Gasteiger partial charge in [0.05, 0.1) is 11.6 Å². The average Bonchev–Trinajstić information content (AvgIpc) is 2.78. The van der Waals surface area contributed by atoms with Crippen LogP contribution in [0.15, 0.2) is 28.1 Å². The Labute approximate surface area is 116 Å². The zero-order valence-corrected chi connectivity index (χ0v) is 11.8. The van der Waals surface area contributed by atoms with Crippen LogP contribution >= 0.6 is 38.9 Å². The van der Waals surface area contributed by atoms with E-state index in [-0.39, 0.29) is 18.2 Å². The third-order valence-electron chi connectivity index (χ3n) is 1.98. The molecule has 0 saturated heterocycles. The normalized spacial score (nSPS) is 10.5. The number of benzene rings is 1. The minimum Gasteiger partial charge on any atom is -0.483 e. The minimum absolute atomic E-state index is 0.210. The number of alkyl halides is 1. The molecule has 2 nitrogen and oxygen atoms in total. The molecule has 90 valence electrons. The predicted molar refractivity (Wildman–Crippen MR) is 70.1 cm³/mol. The fourth-order valence-electron chi connectivity index (χ4n) is 1.20. The topological polar surface area (TPSA) is 22.1 Å². The monoisotopic (exact) mass is 335 g/mol. The number of halogens is 3. The van der Waals surface area contributed by atoms with Gasteiger partial charge in [0, 0.05) is 9.85 Å². The zero-order valence-electron chi connectivity index (χ0n) is 8.62. The van der Waals surface area contributed by atoms with Crippen LogP contribution < -0.4 is 4.74 Å². The molecule has 0 unspecified atom stereocenters. The number of rotatable bonds is 4. The van der Waals surface area contributed by atoms with E-state index in [0.717, 1.165) is 15.2 Å². The molecular formula is C11H8BrClFNOS. The van der Waals surface area contributed by atoms with Crippen LogP contribution in [0.25, 0.3) is 0 Å². The number of hydrogen-bond donors (Lipinski definition) is 0. The van der Waals surface area contributed by atoms with Gasteiger partial charge in [-0.1, -0.05) is 15.9 Å². The molecule has 6 heteroatoms. The minimum atomic E-state index is -0.387. The van der Waals surface area contributed by atoms with Crippen molar-refractivity contribution in [2.45, 2.75) is 12.5 Å². The molecule has 0 fully saturated rings. The largest absolute Gasteiger partial charge is 0.483 e. The van der Waals surface area contributed by atoms with Crippen LogP contribution in [0.5, 0.6) is 5.75 Å². The molecule has 0 N–H and O–H groups in total. The van der Waals surface area contributed by atoms with Crippen LogP contribution in [0, 0.1) is 5.82 Å². The molecule has 2 aromatic rings. The van der Waals surface area contributed by atoms with Crippen molar-refractivity contribution in [2.24, 2.45) is 0 Å². The van der Waals surface area contributed by atoms with Gasteiger partial charge in [0.15, 0.2) is 11.6 Å². The molecule has 1 heterocycles. The maximum absolute atomic E-state index is 13.4. The molecule has 0 saturated carbocycles. The number of thiazole rings is 1. The summed E-state index contributed by atoms with van der Waals surface area (Å²) in [6.45, 7) is 0.245. The Hall–Kier alpha value is -0.650. The van der Waals surface area contributed by atoms with Crippen molar-refractivity contribution >= 4 is 38.9 Å². The maximum atomic E-state index is 13.4. The second-order valence-corrected chi connectivity index (χ2v) is 5.36. The van der Waals surface area contributed by atoms with Crippen LogP contribution in [-0.2, 0) is 12.5 Å². The Kier molecular flexibility index (Phi) is 4.36. The number of nitrogens with zero attached hydrogens (tertiary/aromatic N) is 1. The van der Waals surface area contributed by atoms with E-state index in [1.54, 1.807) is 12.1 Å². The Morgan fingerprint density at radius 2 is 2.29 bits per heavy atom.